The van der Waals surface area contributed by atoms with Crippen molar-refractivity contribution < 1.29 is 4.74 Å². The van der Waals surface area contributed by atoms with Crippen LogP contribution in [0, 0.1) is 11.3 Å². The number of anilines is 2. The normalized spacial score (nSPS) is 11.6. The van der Waals surface area contributed by atoms with Gasteiger partial charge in [-0.25, -0.2) is 9.97 Å². The number of pyridine rings is 1. The fraction of sp³-hybridized carbons (Fsp3) is 0.143. The van der Waals surface area contributed by atoms with Crippen molar-refractivity contribution in [3.8, 4) is 28.6 Å². The zero-order chi connectivity index (χ0) is 26.6. The number of rotatable bonds is 7. The molecule has 0 saturated carbocycles. The number of ether oxygens (including phenoxy) is 1. The summed E-state index contributed by atoms with van der Waals surface area (Å²) < 4.78 is 7.20. The topological polar surface area (TPSA) is 145 Å². The molecular formula is C28H24N8O2. The Balaban J connectivity index is 1.73. The van der Waals surface area contributed by atoms with Gasteiger partial charge in [-0.05, 0) is 43.7 Å². The average Bonchev–Trinajstić information content (AvgIpc) is 2.93. The highest BCUT2D eigenvalue weighted by Crippen LogP contribution is 2.30. The van der Waals surface area contributed by atoms with Crippen molar-refractivity contribution in [2.75, 3.05) is 17.7 Å². The molecule has 0 spiro atoms. The Kier molecular flexibility index (Phi) is 6.65. The van der Waals surface area contributed by atoms with Gasteiger partial charge in [0.1, 0.15) is 29.0 Å². The molecule has 0 unspecified atom stereocenters. The van der Waals surface area contributed by atoms with Crippen LogP contribution in [-0.2, 0) is 0 Å². The maximum atomic E-state index is 14.2. The number of para-hydroxylation sites is 1. The Labute approximate surface area is 218 Å². The Morgan fingerprint density at radius 3 is 2.68 bits per heavy atom. The van der Waals surface area contributed by atoms with E-state index in [0.29, 0.717) is 40.3 Å². The fourth-order valence-electron chi connectivity index (χ4n) is 4.27. The molecule has 0 aliphatic carbocycles. The number of fused-ring (bicyclic) bond motifs is 1. The van der Waals surface area contributed by atoms with Gasteiger partial charge in [-0.1, -0.05) is 30.3 Å². The summed E-state index contributed by atoms with van der Waals surface area (Å²) in [5, 5.41) is 13.1. The molecule has 0 fully saturated rings. The molecule has 5 rings (SSSR count). The number of nitrogens with zero attached hydrogens (tertiary/aromatic N) is 6. The van der Waals surface area contributed by atoms with E-state index in [1.807, 2.05) is 62.4 Å². The number of nitrogens with one attached hydrogen (secondary N) is 1. The monoisotopic (exact) mass is 504 g/mol. The standard InChI is InChI=1S/C28H24N8O2/c1-3-38-21-12-18(14-31-16-21)22-10-7-11-23-24(22)27(37)36(20-8-5-4-6-9-20)26(34-23)17(2)33-25-19(13-29)15-32-28(30)35-25/h4-12,14-17H,3H2,1-2H3,(H3,30,32,33,35)/t17-/m1/s1. The summed E-state index contributed by atoms with van der Waals surface area (Å²) in [4.78, 5) is 31.5. The Morgan fingerprint density at radius 1 is 1.11 bits per heavy atom. The third kappa shape index (κ3) is 4.60. The molecule has 5 aromatic rings. The van der Waals surface area contributed by atoms with Crippen molar-refractivity contribution >= 4 is 22.7 Å². The number of benzene rings is 2. The number of nitrogens with two attached hydrogens (primary N) is 1. The van der Waals surface area contributed by atoms with Gasteiger partial charge in [0, 0.05) is 11.8 Å². The molecule has 188 valence electrons. The lowest BCUT2D eigenvalue weighted by Crippen LogP contribution is -2.28. The van der Waals surface area contributed by atoms with Crippen molar-refractivity contribution in [1.82, 2.24) is 24.5 Å². The van der Waals surface area contributed by atoms with Crippen LogP contribution < -0.4 is 21.3 Å². The number of aromatic nitrogens is 5. The summed E-state index contributed by atoms with van der Waals surface area (Å²) in [6.07, 6.45) is 4.69. The predicted molar refractivity (Wildman–Crippen MR) is 145 cm³/mol. The van der Waals surface area contributed by atoms with Gasteiger partial charge < -0.3 is 15.8 Å². The Hall–Kier alpha value is -5.30. The molecule has 10 heteroatoms. The maximum Gasteiger partial charge on any atom is 0.266 e. The highest BCUT2D eigenvalue weighted by molar-refractivity contribution is 5.94. The minimum absolute atomic E-state index is 0.0261. The van der Waals surface area contributed by atoms with Crippen molar-refractivity contribution in [3.63, 3.8) is 0 Å². The summed E-state index contributed by atoms with van der Waals surface area (Å²) in [5.41, 5.74) is 8.35. The zero-order valence-electron chi connectivity index (χ0n) is 20.8. The largest absolute Gasteiger partial charge is 0.492 e. The quantitative estimate of drug-likeness (QED) is 0.332. The molecule has 2 aromatic carbocycles. The van der Waals surface area contributed by atoms with E-state index in [9.17, 15) is 10.1 Å². The second-order valence-corrected chi connectivity index (χ2v) is 8.46. The molecule has 0 radical (unpaired) electrons. The van der Waals surface area contributed by atoms with Crippen molar-refractivity contribution in [2.45, 2.75) is 19.9 Å². The first kappa shape index (κ1) is 24.4. The smallest absolute Gasteiger partial charge is 0.266 e. The molecule has 1 atom stereocenters. The van der Waals surface area contributed by atoms with E-state index in [-0.39, 0.29) is 22.9 Å². The van der Waals surface area contributed by atoms with Gasteiger partial charge in [0.15, 0.2) is 0 Å². The summed E-state index contributed by atoms with van der Waals surface area (Å²) >= 11 is 0. The molecule has 0 bridgehead atoms. The van der Waals surface area contributed by atoms with Crippen molar-refractivity contribution in [3.05, 3.63) is 94.9 Å². The van der Waals surface area contributed by atoms with Gasteiger partial charge in [0.05, 0.1) is 41.6 Å². The average molecular weight is 505 g/mol. The molecule has 38 heavy (non-hydrogen) atoms. The number of nitriles is 1. The Bertz CT molecular complexity index is 1730. The van der Waals surface area contributed by atoms with E-state index in [1.54, 1.807) is 23.0 Å². The first-order chi connectivity index (χ1) is 18.5. The first-order valence-corrected chi connectivity index (χ1v) is 12.0. The van der Waals surface area contributed by atoms with Crippen molar-refractivity contribution in [2.24, 2.45) is 0 Å². The summed E-state index contributed by atoms with van der Waals surface area (Å²) in [6, 6.07) is 18.2. The van der Waals surface area contributed by atoms with Gasteiger partial charge in [0.25, 0.3) is 5.56 Å². The highest BCUT2D eigenvalue weighted by Gasteiger charge is 2.21. The van der Waals surface area contributed by atoms with Gasteiger partial charge in [-0.2, -0.15) is 10.2 Å². The number of nitrogen functional groups attached to an aromatic ring is 1. The molecule has 0 aliphatic heterocycles. The van der Waals surface area contributed by atoms with E-state index >= 15 is 0 Å². The van der Waals surface area contributed by atoms with Crippen LogP contribution in [0.5, 0.6) is 5.75 Å². The van der Waals surface area contributed by atoms with Crippen molar-refractivity contribution in [1.29, 1.82) is 5.26 Å². The van der Waals surface area contributed by atoms with Crippen LogP contribution in [0.25, 0.3) is 27.7 Å². The number of hydrogen-bond acceptors (Lipinski definition) is 9. The lowest BCUT2D eigenvalue weighted by atomic mass is 10.0. The summed E-state index contributed by atoms with van der Waals surface area (Å²) in [7, 11) is 0. The molecule has 10 nitrogen and oxygen atoms in total. The van der Waals surface area contributed by atoms with Gasteiger partial charge >= 0.3 is 0 Å². The third-order valence-electron chi connectivity index (χ3n) is 5.94. The Morgan fingerprint density at radius 2 is 1.92 bits per heavy atom. The summed E-state index contributed by atoms with van der Waals surface area (Å²) in [5.74, 6) is 1.34. The molecule has 3 heterocycles. The van der Waals surface area contributed by atoms with E-state index in [4.69, 9.17) is 15.5 Å². The van der Waals surface area contributed by atoms with Crippen LogP contribution in [0.1, 0.15) is 31.3 Å². The fourth-order valence-corrected chi connectivity index (χ4v) is 4.27. The zero-order valence-corrected chi connectivity index (χ0v) is 20.8. The first-order valence-electron chi connectivity index (χ1n) is 12.0. The van der Waals surface area contributed by atoms with Crippen LogP contribution in [-0.4, -0.2) is 31.1 Å². The molecule has 0 amide bonds. The van der Waals surface area contributed by atoms with E-state index in [0.717, 1.165) is 5.56 Å². The molecular weight excluding hydrogens is 480 g/mol. The van der Waals surface area contributed by atoms with Crippen LogP contribution in [0.4, 0.5) is 11.8 Å². The minimum atomic E-state index is -0.527. The lowest BCUT2D eigenvalue weighted by molar-refractivity contribution is 0.339. The lowest BCUT2D eigenvalue weighted by Gasteiger charge is -2.21. The van der Waals surface area contributed by atoms with E-state index < -0.39 is 6.04 Å². The maximum absolute atomic E-state index is 14.2. The molecule has 0 aliphatic rings. The minimum Gasteiger partial charge on any atom is -0.492 e. The second-order valence-electron chi connectivity index (χ2n) is 8.46. The SMILES string of the molecule is CCOc1cncc(-c2cccc3nc([C@@H](C)Nc4nc(N)ncc4C#N)n(-c4ccccc4)c(=O)c23)c1. The predicted octanol–water partition coefficient (Wildman–Crippen LogP) is 4.26. The molecule has 3 N–H and O–H groups in total. The van der Waals surface area contributed by atoms with Crippen LogP contribution in [0.15, 0.2) is 78.0 Å². The number of hydrogen-bond donors (Lipinski definition) is 2. The summed E-state index contributed by atoms with van der Waals surface area (Å²) in [6.45, 7) is 4.24. The second kappa shape index (κ2) is 10.4. The third-order valence-corrected chi connectivity index (χ3v) is 5.94. The van der Waals surface area contributed by atoms with Crippen LogP contribution in [0.3, 0.4) is 0 Å². The highest BCUT2D eigenvalue weighted by atomic mass is 16.5. The van der Waals surface area contributed by atoms with Crippen LogP contribution in [0.2, 0.25) is 0 Å². The molecule has 3 aromatic heterocycles. The van der Waals surface area contributed by atoms with Crippen LogP contribution >= 0.6 is 0 Å². The van der Waals surface area contributed by atoms with Gasteiger partial charge in [0.2, 0.25) is 5.95 Å². The van der Waals surface area contributed by atoms with Gasteiger partial charge in [-0.3, -0.25) is 14.3 Å². The van der Waals surface area contributed by atoms with Gasteiger partial charge in [-0.15, -0.1) is 0 Å². The van der Waals surface area contributed by atoms with E-state index in [2.05, 4.69) is 26.3 Å². The molecule has 0 saturated heterocycles. The van der Waals surface area contributed by atoms with E-state index in [1.165, 1.54) is 6.20 Å².